The third-order valence-electron chi connectivity index (χ3n) is 6.25. The number of halogens is 1. The Kier molecular flexibility index (Phi) is 8.03. The molecule has 2 heterocycles. The molecule has 2 N–H and O–H groups in total. The van der Waals surface area contributed by atoms with Crippen molar-refractivity contribution >= 4 is 29.3 Å². The Balaban J connectivity index is 1.32. The molecule has 0 fully saturated rings. The molecule has 2 aliphatic rings. The zero-order valence-corrected chi connectivity index (χ0v) is 20.9. The van der Waals surface area contributed by atoms with Crippen LogP contribution in [-0.4, -0.2) is 34.6 Å². The van der Waals surface area contributed by atoms with Crippen molar-refractivity contribution in [3.63, 3.8) is 0 Å². The SMILES string of the molecule is CCCC(=O)NCc1ccc(-c2ccc(CNC(=O)C3C(CC)N=C4C=C(Cl)C=CN43)cc2)cc1. The summed E-state index contributed by atoms with van der Waals surface area (Å²) in [6, 6.07) is 15.9. The molecule has 2 aliphatic heterocycles. The molecule has 6 nitrogen and oxygen atoms in total. The Morgan fingerprint density at radius 3 is 2.11 bits per heavy atom. The van der Waals surface area contributed by atoms with Crippen LogP contribution in [0.1, 0.15) is 44.2 Å². The van der Waals surface area contributed by atoms with E-state index in [9.17, 15) is 9.59 Å². The van der Waals surface area contributed by atoms with Gasteiger partial charge in [-0.3, -0.25) is 14.6 Å². The van der Waals surface area contributed by atoms with Gasteiger partial charge in [-0.1, -0.05) is 74.0 Å². The molecule has 182 valence electrons. The summed E-state index contributed by atoms with van der Waals surface area (Å²) in [4.78, 5) is 31.3. The predicted octanol–water partition coefficient (Wildman–Crippen LogP) is 4.90. The Labute approximate surface area is 211 Å². The summed E-state index contributed by atoms with van der Waals surface area (Å²) in [7, 11) is 0. The first-order chi connectivity index (χ1) is 17.0. The second-order valence-electron chi connectivity index (χ2n) is 8.80. The third-order valence-corrected chi connectivity index (χ3v) is 6.48. The summed E-state index contributed by atoms with van der Waals surface area (Å²) in [5, 5.41) is 6.62. The summed E-state index contributed by atoms with van der Waals surface area (Å²) in [5.74, 6) is 0.777. The molecule has 35 heavy (non-hydrogen) atoms. The molecule has 2 atom stereocenters. The van der Waals surface area contributed by atoms with Gasteiger partial charge >= 0.3 is 0 Å². The molecule has 4 rings (SSSR count). The summed E-state index contributed by atoms with van der Waals surface area (Å²) >= 11 is 6.09. The molecule has 0 aromatic heterocycles. The lowest BCUT2D eigenvalue weighted by Gasteiger charge is -2.27. The lowest BCUT2D eigenvalue weighted by atomic mass is 10.0. The highest BCUT2D eigenvalue weighted by Crippen LogP contribution is 2.26. The van der Waals surface area contributed by atoms with Crippen molar-refractivity contribution in [1.82, 2.24) is 15.5 Å². The van der Waals surface area contributed by atoms with Crippen molar-refractivity contribution < 1.29 is 9.59 Å². The summed E-state index contributed by atoms with van der Waals surface area (Å²) in [6.45, 7) is 5.03. The lowest BCUT2D eigenvalue weighted by molar-refractivity contribution is -0.125. The van der Waals surface area contributed by atoms with Gasteiger partial charge in [0.2, 0.25) is 11.8 Å². The maximum absolute atomic E-state index is 13.0. The monoisotopic (exact) mass is 490 g/mol. The Bertz CT molecular complexity index is 1150. The van der Waals surface area contributed by atoms with Crippen LogP contribution in [0, 0.1) is 0 Å². The molecule has 2 aromatic rings. The van der Waals surface area contributed by atoms with Crippen LogP contribution in [0.15, 0.2) is 76.9 Å². The van der Waals surface area contributed by atoms with Crippen molar-refractivity contribution in [2.24, 2.45) is 4.99 Å². The van der Waals surface area contributed by atoms with E-state index in [1.807, 2.05) is 49.2 Å². The number of fused-ring (bicyclic) bond motifs is 1. The van der Waals surface area contributed by atoms with E-state index in [0.717, 1.165) is 40.9 Å². The minimum absolute atomic E-state index is 0.0441. The highest BCUT2D eigenvalue weighted by Gasteiger charge is 2.39. The van der Waals surface area contributed by atoms with E-state index in [1.54, 1.807) is 12.2 Å². The number of amides is 2. The van der Waals surface area contributed by atoms with Gasteiger partial charge < -0.3 is 15.5 Å². The van der Waals surface area contributed by atoms with E-state index in [2.05, 4.69) is 39.9 Å². The van der Waals surface area contributed by atoms with Crippen molar-refractivity contribution in [2.45, 2.75) is 58.3 Å². The average Bonchev–Trinajstić information content (AvgIpc) is 3.24. The van der Waals surface area contributed by atoms with Gasteiger partial charge in [0.05, 0.1) is 6.04 Å². The molecule has 0 saturated carbocycles. The molecule has 2 amide bonds. The summed E-state index contributed by atoms with van der Waals surface area (Å²) in [6.07, 6.45) is 7.59. The zero-order chi connectivity index (χ0) is 24.8. The van der Waals surface area contributed by atoms with Crippen LogP contribution in [0.3, 0.4) is 0 Å². The third kappa shape index (κ3) is 6.01. The number of carbonyl (C=O) groups excluding carboxylic acids is 2. The van der Waals surface area contributed by atoms with E-state index < -0.39 is 0 Å². The average molecular weight is 491 g/mol. The van der Waals surface area contributed by atoms with Gasteiger partial charge in [0.25, 0.3) is 0 Å². The van der Waals surface area contributed by atoms with Crippen LogP contribution in [-0.2, 0) is 22.7 Å². The number of aliphatic imine (C=N–C) groups is 1. The zero-order valence-electron chi connectivity index (χ0n) is 20.1. The van der Waals surface area contributed by atoms with E-state index >= 15 is 0 Å². The molecule has 2 aromatic carbocycles. The quantitative estimate of drug-likeness (QED) is 0.525. The second-order valence-corrected chi connectivity index (χ2v) is 9.23. The molecular weight excluding hydrogens is 460 g/mol. The largest absolute Gasteiger partial charge is 0.352 e. The maximum Gasteiger partial charge on any atom is 0.245 e. The molecule has 0 radical (unpaired) electrons. The van der Waals surface area contributed by atoms with Crippen LogP contribution < -0.4 is 10.6 Å². The van der Waals surface area contributed by atoms with E-state index in [1.165, 1.54) is 0 Å². The summed E-state index contributed by atoms with van der Waals surface area (Å²) in [5.41, 5.74) is 4.31. The van der Waals surface area contributed by atoms with Gasteiger partial charge in [0.15, 0.2) is 0 Å². The van der Waals surface area contributed by atoms with E-state index in [-0.39, 0.29) is 23.9 Å². The Hall–Kier alpha value is -3.38. The van der Waals surface area contributed by atoms with Crippen molar-refractivity contribution in [1.29, 1.82) is 0 Å². The Morgan fingerprint density at radius 2 is 1.54 bits per heavy atom. The number of carbonyl (C=O) groups is 2. The van der Waals surface area contributed by atoms with Gasteiger partial charge in [-0.15, -0.1) is 0 Å². The van der Waals surface area contributed by atoms with Crippen molar-refractivity contribution in [3.05, 3.63) is 83.0 Å². The van der Waals surface area contributed by atoms with Gasteiger partial charge in [-0.05, 0) is 47.2 Å². The predicted molar refractivity (Wildman–Crippen MR) is 141 cm³/mol. The van der Waals surface area contributed by atoms with Gasteiger partial charge in [-0.25, -0.2) is 0 Å². The van der Waals surface area contributed by atoms with Gasteiger partial charge in [-0.2, -0.15) is 0 Å². The molecular formula is C28H31ClN4O2. The molecule has 0 spiro atoms. The normalized spacial score (nSPS) is 18.5. The first kappa shape index (κ1) is 24.7. The smallest absolute Gasteiger partial charge is 0.245 e. The number of nitrogens with one attached hydrogen (secondary N) is 2. The first-order valence-corrected chi connectivity index (χ1v) is 12.5. The van der Waals surface area contributed by atoms with Crippen LogP contribution in [0.5, 0.6) is 0 Å². The summed E-state index contributed by atoms with van der Waals surface area (Å²) < 4.78 is 0. The number of rotatable bonds is 9. The standard InChI is InChI=1S/C28H31ClN4O2/c1-3-5-26(34)30-17-19-6-10-21(11-7-19)22-12-8-20(9-13-22)18-31-28(35)27-24(4-2)32-25-16-23(29)14-15-33(25)27/h6-16,24,27H,3-5,17-18H2,1-2H3,(H,30,34)(H,31,35). The fraction of sp³-hybridized carbons (Fsp3) is 0.321. The minimum atomic E-state index is -0.364. The fourth-order valence-corrected chi connectivity index (χ4v) is 4.45. The van der Waals surface area contributed by atoms with Crippen LogP contribution in [0.2, 0.25) is 0 Å². The molecule has 0 aliphatic carbocycles. The number of hydrogen-bond donors (Lipinski definition) is 2. The van der Waals surface area contributed by atoms with Crippen LogP contribution in [0.25, 0.3) is 11.1 Å². The number of hydrogen-bond acceptors (Lipinski definition) is 4. The topological polar surface area (TPSA) is 73.8 Å². The van der Waals surface area contributed by atoms with Crippen LogP contribution >= 0.6 is 11.6 Å². The molecule has 0 bridgehead atoms. The van der Waals surface area contributed by atoms with Crippen molar-refractivity contribution in [3.8, 4) is 11.1 Å². The highest BCUT2D eigenvalue weighted by atomic mass is 35.5. The second kappa shape index (κ2) is 11.4. The fourth-order valence-electron chi connectivity index (χ4n) is 4.29. The van der Waals surface area contributed by atoms with E-state index in [0.29, 0.717) is 24.5 Å². The molecule has 7 heteroatoms. The highest BCUT2D eigenvalue weighted by molar-refractivity contribution is 6.33. The van der Waals surface area contributed by atoms with E-state index in [4.69, 9.17) is 11.6 Å². The number of amidine groups is 1. The molecule has 2 unspecified atom stereocenters. The number of allylic oxidation sites excluding steroid dienone is 2. The van der Waals surface area contributed by atoms with Crippen LogP contribution in [0.4, 0.5) is 0 Å². The lowest BCUT2D eigenvalue weighted by Crippen LogP contribution is -2.48. The van der Waals surface area contributed by atoms with Gasteiger partial charge in [0.1, 0.15) is 11.9 Å². The first-order valence-electron chi connectivity index (χ1n) is 12.1. The number of benzene rings is 2. The number of nitrogens with zero attached hydrogens (tertiary/aromatic N) is 2. The minimum Gasteiger partial charge on any atom is -0.352 e. The maximum atomic E-state index is 13.0. The molecule has 0 saturated heterocycles. The van der Waals surface area contributed by atoms with Gasteiger partial charge in [0, 0.05) is 30.7 Å². The van der Waals surface area contributed by atoms with Crippen molar-refractivity contribution in [2.75, 3.05) is 0 Å². The Morgan fingerprint density at radius 1 is 0.943 bits per heavy atom.